The van der Waals surface area contributed by atoms with E-state index in [9.17, 15) is 26.4 Å². The number of carbonyl (C=O) groups excluding carboxylic acids is 1. The minimum Gasteiger partial charge on any atom is -0.487 e. The Morgan fingerprint density at radius 3 is 2.26 bits per heavy atom. The molecular formula is C24H23F3N2NaO4S. The Morgan fingerprint density at radius 1 is 1.03 bits per heavy atom. The van der Waals surface area contributed by atoms with Crippen LogP contribution >= 0.6 is 0 Å². The molecule has 1 aromatic heterocycles. The fourth-order valence-corrected chi connectivity index (χ4v) is 5.87. The number of alkyl halides is 3. The minimum absolute atomic E-state index is 0. The van der Waals surface area contributed by atoms with E-state index in [2.05, 4.69) is 4.98 Å². The molecule has 181 valence electrons. The number of halogens is 3. The Morgan fingerprint density at radius 2 is 1.66 bits per heavy atom. The van der Waals surface area contributed by atoms with Crippen LogP contribution in [0, 0.1) is 0 Å². The number of benzene rings is 2. The van der Waals surface area contributed by atoms with Gasteiger partial charge in [0.1, 0.15) is 12.4 Å². The predicted octanol–water partition coefficient (Wildman–Crippen LogP) is 4.90. The first-order valence-corrected chi connectivity index (χ1v) is 12.2. The number of aromatic nitrogens is 1. The molecule has 1 aliphatic carbocycles. The van der Waals surface area contributed by atoms with Crippen molar-refractivity contribution in [1.82, 2.24) is 9.29 Å². The molecular weight excluding hydrogens is 492 g/mol. The third kappa shape index (κ3) is 5.35. The Bertz CT molecular complexity index is 1310. The van der Waals surface area contributed by atoms with Gasteiger partial charge in [-0.05, 0) is 42.7 Å². The van der Waals surface area contributed by atoms with E-state index in [1.54, 1.807) is 12.1 Å². The van der Waals surface area contributed by atoms with Crippen LogP contribution in [-0.2, 0) is 27.0 Å². The molecule has 1 saturated carbocycles. The van der Waals surface area contributed by atoms with Crippen LogP contribution in [0.4, 0.5) is 13.2 Å². The van der Waals surface area contributed by atoms with Gasteiger partial charge in [0.25, 0.3) is 0 Å². The Hall–Kier alpha value is -2.14. The Labute approximate surface area is 223 Å². The average molecular weight is 516 g/mol. The van der Waals surface area contributed by atoms with Crippen molar-refractivity contribution >= 4 is 56.4 Å². The van der Waals surface area contributed by atoms with Gasteiger partial charge in [0, 0.05) is 41.9 Å². The molecule has 1 fully saturated rings. The van der Waals surface area contributed by atoms with Gasteiger partial charge >= 0.3 is 15.5 Å². The van der Waals surface area contributed by atoms with E-state index in [-0.39, 0.29) is 53.3 Å². The molecule has 0 aliphatic heterocycles. The van der Waals surface area contributed by atoms with Crippen LogP contribution in [0.25, 0.3) is 10.9 Å². The average Bonchev–Trinajstić information content (AvgIpc) is 3.27. The van der Waals surface area contributed by atoms with E-state index in [4.69, 9.17) is 4.74 Å². The van der Waals surface area contributed by atoms with Gasteiger partial charge in [-0.3, -0.25) is 4.79 Å². The third-order valence-electron chi connectivity index (χ3n) is 6.07. The van der Waals surface area contributed by atoms with E-state index in [0.29, 0.717) is 29.8 Å². The topological polar surface area (TPSA) is 76.6 Å². The fourth-order valence-electron chi connectivity index (χ4n) is 4.58. The standard InChI is InChI=1S/C24H23F3N2O4S.Na/c1-17(30)29(34(31,32)24(25,26)27)23(14-4-5-15-23)19-9-12-21(13-10-19)33-16-20-11-8-18-6-2-3-7-22(18)28-20;/h2-3,6-13H,4-5,14-16H2,1H3;. The van der Waals surface area contributed by atoms with Gasteiger partial charge in [0.15, 0.2) is 0 Å². The summed E-state index contributed by atoms with van der Waals surface area (Å²) in [6.45, 7) is 1.02. The quantitative estimate of drug-likeness (QED) is 0.437. The first kappa shape index (κ1) is 27.4. The smallest absolute Gasteiger partial charge is 0.487 e. The second-order valence-electron chi connectivity index (χ2n) is 8.28. The number of rotatable bonds is 6. The summed E-state index contributed by atoms with van der Waals surface area (Å²) in [5, 5.41) is 1.00. The molecule has 1 heterocycles. The van der Waals surface area contributed by atoms with Gasteiger partial charge in [0.05, 0.1) is 16.7 Å². The van der Waals surface area contributed by atoms with Gasteiger partial charge < -0.3 is 4.74 Å². The molecule has 4 rings (SSSR count). The van der Waals surface area contributed by atoms with Crippen molar-refractivity contribution < 1.29 is 31.1 Å². The van der Waals surface area contributed by atoms with E-state index >= 15 is 0 Å². The maximum absolute atomic E-state index is 13.4. The van der Waals surface area contributed by atoms with E-state index in [1.807, 2.05) is 36.4 Å². The molecule has 0 spiro atoms. The number of ether oxygens (including phenoxy) is 1. The van der Waals surface area contributed by atoms with Crippen molar-refractivity contribution in [3.05, 3.63) is 71.9 Å². The molecule has 1 amide bonds. The summed E-state index contributed by atoms with van der Waals surface area (Å²) in [4.78, 5) is 16.8. The second kappa shape index (κ2) is 10.5. The molecule has 35 heavy (non-hydrogen) atoms. The summed E-state index contributed by atoms with van der Waals surface area (Å²) in [5.74, 6) is -0.721. The van der Waals surface area contributed by atoms with Crippen LogP contribution in [0.3, 0.4) is 0 Å². The van der Waals surface area contributed by atoms with Gasteiger partial charge in [-0.15, -0.1) is 0 Å². The van der Waals surface area contributed by atoms with Crippen LogP contribution in [-0.4, -0.2) is 58.7 Å². The SMILES string of the molecule is CC(=O)N(C1(c2ccc(OCc3ccc4ccccc4n3)cc2)CCCC1)S(=O)(=O)C(F)(F)F.[Na]. The molecule has 0 N–H and O–H groups in total. The fraction of sp³-hybridized carbons (Fsp3) is 0.333. The first-order chi connectivity index (χ1) is 16.0. The zero-order valence-corrected chi connectivity index (χ0v) is 22.2. The van der Waals surface area contributed by atoms with Gasteiger partial charge in [-0.25, -0.2) is 9.29 Å². The van der Waals surface area contributed by atoms with Gasteiger partial charge in [-0.1, -0.05) is 49.2 Å². The number of carbonyl (C=O) groups is 1. The number of hydrogen-bond acceptors (Lipinski definition) is 5. The summed E-state index contributed by atoms with van der Waals surface area (Å²) in [6.07, 6.45) is 1.23. The van der Waals surface area contributed by atoms with Crippen LogP contribution in [0.15, 0.2) is 60.7 Å². The number of para-hydroxylation sites is 1. The number of fused-ring (bicyclic) bond motifs is 1. The van der Waals surface area contributed by atoms with Crippen molar-refractivity contribution in [1.29, 1.82) is 0 Å². The summed E-state index contributed by atoms with van der Waals surface area (Å²) in [5.41, 5.74) is -5.31. The first-order valence-electron chi connectivity index (χ1n) is 10.7. The Kier molecular flexibility index (Phi) is 8.20. The number of sulfonamides is 1. The second-order valence-corrected chi connectivity index (χ2v) is 10.1. The summed E-state index contributed by atoms with van der Waals surface area (Å²) < 4.78 is 70.7. The van der Waals surface area contributed by atoms with Crippen molar-refractivity contribution in [3.63, 3.8) is 0 Å². The predicted molar refractivity (Wildman–Crippen MR) is 126 cm³/mol. The summed E-state index contributed by atoms with van der Waals surface area (Å²) >= 11 is 0. The molecule has 0 unspecified atom stereocenters. The van der Waals surface area contributed by atoms with Crippen molar-refractivity contribution in [2.24, 2.45) is 0 Å². The minimum atomic E-state index is -5.86. The molecule has 0 saturated heterocycles. The van der Waals surface area contributed by atoms with Crippen molar-refractivity contribution in [3.8, 4) is 5.75 Å². The van der Waals surface area contributed by atoms with Crippen molar-refractivity contribution in [2.45, 2.75) is 50.3 Å². The Balaban J connectivity index is 0.00000342. The largest absolute Gasteiger partial charge is 0.516 e. The van der Waals surface area contributed by atoms with Crippen molar-refractivity contribution in [2.75, 3.05) is 0 Å². The van der Waals surface area contributed by atoms with Crippen LogP contribution in [0.2, 0.25) is 0 Å². The molecule has 1 aliphatic rings. The van der Waals surface area contributed by atoms with Crippen LogP contribution < -0.4 is 4.74 Å². The molecule has 11 heteroatoms. The molecule has 6 nitrogen and oxygen atoms in total. The normalized spacial score (nSPS) is 15.4. The van der Waals surface area contributed by atoms with E-state index < -0.39 is 27.0 Å². The number of amides is 1. The number of pyridine rings is 1. The molecule has 3 aromatic rings. The monoisotopic (exact) mass is 515 g/mol. The van der Waals surface area contributed by atoms with Gasteiger partial charge in [-0.2, -0.15) is 21.6 Å². The molecule has 0 bridgehead atoms. The molecule has 1 radical (unpaired) electrons. The van der Waals surface area contributed by atoms with Gasteiger partial charge in [0.2, 0.25) is 5.91 Å². The third-order valence-corrected chi connectivity index (χ3v) is 7.75. The van der Waals surface area contributed by atoms with Crippen LogP contribution in [0.5, 0.6) is 5.75 Å². The van der Waals surface area contributed by atoms with Crippen LogP contribution in [0.1, 0.15) is 43.9 Å². The summed E-state index contributed by atoms with van der Waals surface area (Å²) in [7, 11) is -5.86. The van der Waals surface area contributed by atoms with E-state index in [0.717, 1.165) is 17.8 Å². The van der Waals surface area contributed by atoms with E-state index in [1.165, 1.54) is 12.1 Å². The molecule has 0 atom stereocenters. The zero-order chi connectivity index (χ0) is 24.6. The maximum Gasteiger partial charge on any atom is 0.516 e. The maximum atomic E-state index is 13.4. The number of hydrogen-bond donors (Lipinski definition) is 0. The summed E-state index contributed by atoms with van der Waals surface area (Å²) in [6, 6.07) is 17.6. The zero-order valence-electron chi connectivity index (χ0n) is 19.4. The molecule has 2 aromatic carbocycles. The number of nitrogens with zero attached hydrogens (tertiary/aromatic N) is 2.